The highest BCUT2D eigenvalue weighted by Gasteiger charge is 2.63. The van der Waals surface area contributed by atoms with Gasteiger partial charge in [0.25, 0.3) is 0 Å². The van der Waals surface area contributed by atoms with Crippen molar-refractivity contribution in [3.63, 3.8) is 0 Å². The quantitative estimate of drug-likeness (QED) is 0.0273. The van der Waals surface area contributed by atoms with Crippen LogP contribution in [0.3, 0.4) is 0 Å². The van der Waals surface area contributed by atoms with Crippen LogP contribution in [-0.2, 0) is 133 Å². The van der Waals surface area contributed by atoms with Crippen molar-refractivity contribution in [2.75, 3.05) is 94.0 Å². The van der Waals surface area contributed by atoms with Crippen molar-refractivity contribution in [3.8, 4) is 0 Å². The molecule has 0 bridgehead atoms. The van der Waals surface area contributed by atoms with Crippen LogP contribution in [0.5, 0.6) is 0 Å². The predicted molar refractivity (Wildman–Crippen MR) is 417 cm³/mol. The van der Waals surface area contributed by atoms with Crippen LogP contribution in [-0.4, -0.2) is 587 Å². The summed E-state index contributed by atoms with van der Waals surface area (Å²) < 4.78 is 144. The molecule has 782 valence electrons. The number of amides is 4. The maximum absolute atomic E-state index is 13.6. The normalized spacial score (nSPS) is 48.9. The van der Waals surface area contributed by atoms with Crippen LogP contribution in [0.25, 0.3) is 0 Å². The number of nitrogens with one attached hydrogen (secondary N) is 4. The third-order valence-electron chi connectivity index (χ3n) is 24.9. The van der Waals surface area contributed by atoms with Crippen LogP contribution < -0.4 is 21.3 Å². The summed E-state index contributed by atoms with van der Waals surface area (Å²) in [5.41, 5.74) is 0. The number of carbonyl (C=O) groups excluding carboxylic acids is 4. The third kappa shape index (κ3) is 24.7. The highest BCUT2D eigenvalue weighted by atomic mass is 16.8. The molecule has 11 rings (SSSR count). The van der Waals surface area contributed by atoms with Gasteiger partial charge in [0.1, 0.15) is 262 Å². The number of ether oxygens (including phenoxy) is 24. The van der Waals surface area contributed by atoms with Gasteiger partial charge in [-0.1, -0.05) is 0 Å². The second kappa shape index (κ2) is 49.4. The van der Waals surface area contributed by atoms with Gasteiger partial charge in [-0.3, -0.25) is 19.2 Å². The second-order valence-corrected chi connectivity index (χ2v) is 34.0. The zero-order valence-electron chi connectivity index (χ0n) is 73.5. The molecule has 0 aromatic carbocycles. The van der Waals surface area contributed by atoms with Crippen molar-refractivity contribution in [3.05, 3.63) is 0 Å². The minimum Gasteiger partial charge on any atom is -0.394 e. The van der Waals surface area contributed by atoms with E-state index >= 15 is 0 Å². The SMILES string of the molecule is CO[C@H]1[C@@H](O)[C@@H](CO)O[C@@H](OC[C@H]2O[C@@H](O[C@H]3[C@@H](O)[C@@H](CO[C@@H]4O[C@H](CO)[C@H](O)[C@H](OC)[C@H]4O)O[C@@H](O[C@H]4[C@H](O)[C@@H](NC(C)=O)[C@H](O[C@@H]5[C@@H](O[C@H]6[C@H](O)[C@@H](CO[C@H]7O[C@H](CO)[C@@H](O)[C@H](O)[C@@H]7O)O[C@@H](O[C@H]7[C@H](O)[C@@H](NC(C)=O)[C@H](O[C@H]8[C@H](O)[C@@H](NC(C)=O)C(O)O[C@@H]8CO)O[C@@H]7CO)[C@H]6O[C@@H]6O[C@H](CO)[C@H](O)[C@H]6O)O[C@H](CO)[C@@H](O)[C@@H]5O)O[C@@H]4CO)[C@@H]3NC(C)=O)[C@H](O)[C@@H](OC)[C@H]2O)[C@@H]1O. The molecule has 59 nitrogen and oxygen atoms in total. The first-order valence-electron chi connectivity index (χ1n) is 43.2. The topological polar surface area (TPSA) is 884 Å². The molecule has 0 saturated carbocycles. The Morgan fingerprint density at radius 3 is 0.874 bits per heavy atom. The summed E-state index contributed by atoms with van der Waals surface area (Å²) in [6.07, 6.45) is -102. The molecule has 0 radical (unpaired) electrons. The lowest BCUT2D eigenvalue weighted by Crippen LogP contribution is -2.72. The Balaban J connectivity index is 0.943. The Labute approximate surface area is 766 Å². The van der Waals surface area contributed by atoms with Crippen molar-refractivity contribution >= 4 is 23.6 Å². The summed E-state index contributed by atoms with van der Waals surface area (Å²) in [4.78, 5) is 52.7. The van der Waals surface area contributed by atoms with Gasteiger partial charge in [0.05, 0.1) is 72.7 Å². The van der Waals surface area contributed by atoms with E-state index in [0.29, 0.717) is 0 Å². The van der Waals surface area contributed by atoms with Crippen LogP contribution in [0.15, 0.2) is 0 Å². The molecule has 0 aliphatic carbocycles. The molecular weight excluding hydrogens is 1850 g/mol. The molecule has 11 heterocycles. The van der Waals surface area contributed by atoms with Gasteiger partial charge in [0, 0.05) is 49.0 Å². The van der Waals surface area contributed by atoms with Crippen LogP contribution in [0.2, 0.25) is 0 Å². The van der Waals surface area contributed by atoms with E-state index in [-0.39, 0.29) is 0 Å². The van der Waals surface area contributed by atoms with E-state index in [1.165, 1.54) is 0 Å². The summed E-state index contributed by atoms with van der Waals surface area (Å²) in [6, 6.07) is -7.86. The fraction of sp³-hybridized carbons (Fsp3) is 0.947. The lowest BCUT2D eigenvalue weighted by atomic mass is 9.93. The van der Waals surface area contributed by atoms with Crippen molar-refractivity contribution in [2.45, 2.75) is 359 Å². The smallest absolute Gasteiger partial charge is 0.217 e. The van der Waals surface area contributed by atoms with Gasteiger partial charge >= 0.3 is 0 Å². The lowest BCUT2D eigenvalue weighted by molar-refractivity contribution is -0.407. The molecule has 4 amide bonds. The molecule has 0 aromatic heterocycles. The molecule has 31 N–H and O–H groups in total. The van der Waals surface area contributed by atoms with Crippen LogP contribution in [0.4, 0.5) is 0 Å². The molecule has 11 fully saturated rings. The molecule has 59 heteroatoms. The Bertz CT molecular complexity index is 3650. The fourth-order valence-electron chi connectivity index (χ4n) is 17.8. The molecule has 11 aliphatic rings. The second-order valence-electron chi connectivity index (χ2n) is 34.0. The number of aliphatic hydroxyl groups excluding tert-OH is 27. The standard InChI is InChI=1S/C76H128N4O55/c1-19(89)77-34-46(101)56(28(13-86)118-66(34)111)129-67-35(78-20(2)90)48(103)58(30(15-88)124-67)131-76-65(135-73-51(106)40(95)25(10-83)122-73)63(45(100)33(128-76)18-115-70-52(107)49(104)38(93)23(8-81)119-70)133-75-64(50(105)39(94)24(9-82)123-75)134-68-36(79-21(3)91)47(102)57(29(14-87)125-68)130-69-37(80-22(4)92)59(43(98)31(126-69)16-116-71-53(108)60(112-5)41(96)26(11-84)120-71)132-74-55(110)62(114-7)44(99)32(127-74)17-117-72-54(109)61(113-6)42(97)27(12-85)121-72/h23-76,81-88,93-111H,8-18H2,1-7H3,(H,77,89)(H,78,90)(H,79,91)(H,80,92)/t23-,24-,25-,26-,27-,28-,29-,30-,31-,32-,33-,34-,35-,36-,37-,38-,39-,40+,41+,42+,43+,44+,45-,46-,47-,48-,49+,50+,51-,52+,53-,54-,55-,56-,57-,58-,59-,60+,61+,62+,63+,64+,65+,66?,67+,68+,69+,70+,71-,72-,73+,74+,75-,76+/m1/s1. The minimum absolute atomic E-state index is 0.806. The molecule has 11 aliphatic heterocycles. The van der Waals surface area contributed by atoms with Crippen LogP contribution >= 0.6 is 0 Å². The lowest BCUT2D eigenvalue weighted by Gasteiger charge is -2.52. The first-order chi connectivity index (χ1) is 64.1. The summed E-state index contributed by atoms with van der Waals surface area (Å²) in [5.74, 6) is -3.84. The maximum atomic E-state index is 13.6. The van der Waals surface area contributed by atoms with Gasteiger partial charge in [-0.25, -0.2) is 0 Å². The Hall–Kier alpha value is -4.16. The molecule has 11 saturated heterocycles. The number of methoxy groups -OCH3 is 3. The fourth-order valence-corrected chi connectivity index (χ4v) is 17.8. The van der Waals surface area contributed by atoms with E-state index in [4.69, 9.17) is 114 Å². The number of aliphatic hydroxyl groups is 27. The largest absolute Gasteiger partial charge is 0.394 e. The highest BCUT2D eigenvalue weighted by molar-refractivity contribution is 5.74. The summed E-state index contributed by atoms with van der Waals surface area (Å²) >= 11 is 0. The van der Waals surface area contributed by atoms with E-state index in [1.54, 1.807) is 0 Å². The van der Waals surface area contributed by atoms with Gasteiger partial charge in [-0.15, -0.1) is 0 Å². The van der Waals surface area contributed by atoms with E-state index in [2.05, 4.69) is 21.3 Å². The highest BCUT2D eigenvalue weighted by Crippen LogP contribution is 2.43. The molecule has 0 aromatic rings. The van der Waals surface area contributed by atoms with Gasteiger partial charge in [-0.2, -0.15) is 0 Å². The van der Waals surface area contributed by atoms with Gasteiger partial charge in [0.2, 0.25) is 23.6 Å². The summed E-state index contributed by atoms with van der Waals surface area (Å²) in [6.45, 7) is -7.83. The molecular formula is C76H128N4O55. The van der Waals surface area contributed by atoms with Crippen molar-refractivity contribution in [2.24, 2.45) is 0 Å². The minimum atomic E-state index is -2.56. The van der Waals surface area contributed by atoms with E-state index < -0.39 is 428 Å². The van der Waals surface area contributed by atoms with Crippen LogP contribution in [0.1, 0.15) is 27.7 Å². The summed E-state index contributed by atoms with van der Waals surface area (Å²) in [7, 11) is 3.26. The number of rotatable bonds is 38. The van der Waals surface area contributed by atoms with Gasteiger partial charge in [0.15, 0.2) is 69.2 Å². The molecule has 1 unspecified atom stereocenters. The van der Waals surface area contributed by atoms with Gasteiger partial charge in [-0.05, 0) is 0 Å². The summed E-state index contributed by atoms with van der Waals surface area (Å²) in [5, 5.41) is 315. The van der Waals surface area contributed by atoms with Crippen LogP contribution in [0, 0.1) is 0 Å². The van der Waals surface area contributed by atoms with E-state index in [0.717, 1.165) is 49.0 Å². The number of hydrogen-bond donors (Lipinski definition) is 31. The Morgan fingerprint density at radius 1 is 0.207 bits per heavy atom. The monoisotopic (exact) mass is 1980 g/mol. The number of hydrogen-bond acceptors (Lipinski definition) is 55. The third-order valence-corrected chi connectivity index (χ3v) is 24.9. The Kier molecular flexibility index (Phi) is 40.7. The molecule has 54 atom stereocenters. The maximum Gasteiger partial charge on any atom is 0.217 e. The van der Waals surface area contributed by atoms with Crippen molar-refractivity contribution in [1.29, 1.82) is 0 Å². The average Bonchev–Trinajstić information content (AvgIpc) is 1.56. The number of carbonyl (C=O) groups is 4. The van der Waals surface area contributed by atoms with E-state index in [1.807, 2.05) is 0 Å². The molecule has 0 spiro atoms. The van der Waals surface area contributed by atoms with Crippen molar-refractivity contribution in [1.82, 2.24) is 21.3 Å². The van der Waals surface area contributed by atoms with E-state index in [9.17, 15) is 157 Å². The average molecular weight is 1980 g/mol. The van der Waals surface area contributed by atoms with Crippen molar-refractivity contribution < 1.29 is 271 Å². The first kappa shape index (κ1) is 111. The first-order valence-corrected chi connectivity index (χ1v) is 43.2. The zero-order chi connectivity index (χ0) is 99.1. The zero-order valence-corrected chi connectivity index (χ0v) is 73.5. The van der Waals surface area contributed by atoms with Gasteiger partial charge < -0.3 is 273 Å². The Morgan fingerprint density at radius 2 is 0.452 bits per heavy atom. The molecule has 135 heavy (non-hydrogen) atoms. The predicted octanol–water partition coefficient (Wildman–Crippen LogP) is -21.8.